The summed E-state index contributed by atoms with van der Waals surface area (Å²) >= 11 is 11.7. The van der Waals surface area contributed by atoms with Crippen molar-refractivity contribution in [3.8, 4) is 0 Å². The molecule has 0 aliphatic carbocycles. The van der Waals surface area contributed by atoms with E-state index in [0.717, 1.165) is 39.1 Å². The maximum Gasteiger partial charge on any atom is 0.240 e. The van der Waals surface area contributed by atoms with E-state index in [1.54, 1.807) is 0 Å². The Balaban J connectivity index is 0.00000242. The third-order valence-electron chi connectivity index (χ3n) is 3.30. The topological polar surface area (TPSA) is 61.4 Å². The van der Waals surface area contributed by atoms with E-state index in [1.165, 1.54) is 18.2 Å². The lowest BCUT2D eigenvalue weighted by molar-refractivity contribution is 0.239. The van der Waals surface area contributed by atoms with Gasteiger partial charge in [0, 0.05) is 42.8 Å². The third-order valence-corrected chi connectivity index (χ3v) is 5.18. The van der Waals surface area contributed by atoms with Gasteiger partial charge in [0.1, 0.15) is 0 Å². The number of halogens is 4. The Morgan fingerprint density at radius 3 is 2.22 bits per heavy atom. The van der Waals surface area contributed by atoms with E-state index in [9.17, 15) is 8.42 Å². The predicted molar refractivity (Wildman–Crippen MR) is 100 cm³/mol. The first-order valence-corrected chi connectivity index (χ1v) is 9.10. The summed E-state index contributed by atoms with van der Waals surface area (Å²) in [7, 11) is -3.56. The van der Waals surface area contributed by atoms with Crippen molar-refractivity contribution in [1.82, 2.24) is 14.9 Å². The van der Waals surface area contributed by atoms with Crippen LogP contribution in [0, 0.1) is 0 Å². The SMILES string of the molecule is Cl.Cl.O=S(=O)(NCCCN1CCNCC1)c1cc(Cl)cc(Cl)c1. The van der Waals surface area contributed by atoms with Crippen molar-refractivity contribution in [3.05, 3.63) is 28.2 Å². The van der Waals surface area contributed by atoms with Crippen LogP contribution in [-0.2, 0) is 10.0 Å². The summed E-state index contributed by atoms with van der Waals surface area (Å²) in [4.78, 5) is 2.42. The molecular formula is C13H21Cl4N3O2S. The average molecular weight is 425 g/mol. The highest BCUT2D eigenvalue weighted by molar-refractivity contribution is 7.89. The highest BCUT2D eigenvalue weighted by atomic mass is 35.5. The standard InChI is InChI=1S/C13H19Cl2N3O2S.2ClH/c14-11-8-12(15)10-13(9-11)21(19,20)17-2-1-5-18-6-3-16-4-7-18;;/h8-10,16-17H,1-7H2;2*1H. The van der Waals surface area contributed by atoms with Crippen molar-refractivity contribution in [2.24, 2.45) is 0 Å². The van der Waals surface area contributed by atoms with Gasteiger partial charge in [0.2, 0.25) is 10.0 Å². The zero-order chi connectivity index (χ0) is 15.3. The number of nitrogens with zero attached hydrogens (tertiary/aromatic N) is 1. The number of hydrogen-bond acceptors (Lipinski definition) is 4. The van der Waals surface area contributed by atoms with Crippen LogP contribution in [0.3, 0.4) is 0 Å². The molecule has 1 aliphatic heterocycles. The number of hydrogen-bond donors (Lipinski definition) is 2. The smallest absolute Gasteiger partial charge is 0.240 e. The first-order chi connectivity index (χ1) is 9.97. The maximum absolute atomic E-state index is 12.1. The predicted octanol–water partition coefficient (Wildman–Crippen LogP) is 2.41. The van der Waals surface area contributed by atoms with Crippen LogP contribution in [-0.4, -0.2) is 52.6 Å². The molecule has 1 fully saturated rings. The Morgan fingerprint density at radius 2 is 1.65 bits per heavy atom. The van der Waals surface area contributed by atoms with Gasteiger partial charge in [-0.2, -0.15) is 0 Å². The van der Waals surface area contributed by atoms with Gasteiger partial charge < -0.3 is 10.2 Å². The van der Waals surface area contributed by atoms with Gasteiger partial charge in [-0.25, -0.2) is 13.1 Å². The molecule has 1 heterocycles. The highest BCUT2D eigenvalue weighted by Crippen LogP contribution is 2.22. The van der Waals surface area contributed by atoms with Crippen LogP contribution in [0.25, 0.3) is 0 Å². The monoisotopic (exact) mass is 423 g/mol. The molecule has 0 unspecified atom stereocenters. The van der Waals surface area contributed by atoms with Crippen molar-refractivity contribution < 1.29 is 8.42 Å². The lowest BCUT2D eigenvalue weighted by atomic mass is 10.3. The molecule has 1 aromatic carbocycles. The zero-order valence-electron chi connectivity index (χ0n) is 12.4. The van der Waals surface area contributed by atoms with E-state index in [2.05, 4.69) is 14.9 Å². The van der Waals surface area contributed by atoms with Crippen molar-refractivity contribution in [2.75, 3.05) is 39.3 Å². The second kappa shape index (κ2) is 10.9. The number of benzene rings is 1. The van der Waals surface area contributed by atoms with Gasteiger partial charge in [-0.1, -0.05) is 23.2 Å². The van der Waals surface area contributed by atoms with Crippen LogP contribution in [0.4, 0.5) is 0 Å². The van der Waals surface area contributed by atoms with Gasteiger partial charge in [-0.3, -0.25) is 0 Å². The largest absolute Gasteiger partial charge is 0.314 e. The summed E-state index contributed by atoms with van der Waals surface area (Å²) in [5, 5.41) is 3.90. The molecule has 1 aromatic rings. The Morgan fingerprint density at radius 1 is 1.09 bits per heavy atom. The Kier molecular flexibility index (Phi) is 11.0. The maximum atomic E-state index is 12.1. The van der Waals surface area contributed by atoms with E-state index < -0.39 is 10.0 Å². The molecule has 2 N–H and O–H groups in total. The first kappa shape index (κ1) is 23.2. The van der Waals surface area contributed by atoms with Gasteiger partial charge in [0.25, 0.3) is 0 Å². The molecule has 0 bridgehead atoms. The fourth-order valence-electron chi connectivity index (χ4n) is 2.21. The fourth-order valence-corrected chi connectivity index (χ4v) is 4.01. The quantitative estimate of drug-likeness (QED) is 0.688. The number of sulfonamides is 1. The van der Waals surface area contributed by atoms with Gasteiger partial charge in [-0.05, 0) is 31.2 Å². The lowest BCUT2D eigenvalue weighted by Crippen LogP contribution is -2.44. The molecule has 2 rings (SSSR count). The number of piperazine rings is 1. The molecular weight excluding hydrogens is 404 g/mol. The minimum atomic E-state index is -3.56. The molecule has 5 nitrogen and oxygen atoms in total. The fraction of sp³-hybridized carbons (Fsp3) is 0.538. The summed E-state index contributed by atoms with van der Waals surface area (Å²) in [5.41, 5.74) is 0. The van der Waals surface area contributed by atoms with E-state index in [4.69, 9.17) is 23.2 Å². The summed E-state index contributed by atoms with van der Waals surface area (Å²) < 4.78 is 26.9. The van der Waals surface area contributed by atoms with Crippen LogP contribution in [0.15, 0.2) is 23.1 Å². The molecule has 0 radical (unpaired) electrons. The lowest BCUT2D eigenvalue weighted by Gasteiger charge is -2.27. The minimum Gasteiger partial charge on any atom is -0.314 e. The zero-order valence-corrected chi connectivity index (χ0v) is 16.4. The second-order valence-electron chi connectivity index (χ2n) is 4.95. The Hall–Kier alpha value is 0.210. The Labute approximate surface area is 160 Å². The van der Waals surface area contributed by atoms with Crippen molar-refractivity contribution >= 4 is 58.0 Å². The summed E-state index contributed by atoms with van der Waals surface area (Å²) in [6.45, 7) is 5.30. The van der Waals surface area contributed by atoms with Crippen LogP contribution < -0.4 is 10.0 Å². The third kappa shape index (κ3) is 7.75. The molecule has 1 aliphatic rings. The number of rotatable bonds is 6. The molecule has 10 heteroatoms. The molecule has 0 atom stereocenters. The van der Waals surface area contributed by atoms with Crippen LogP contribution in [0.1, 0.15) is 6.42 Å². The van der Waals surface area contributed by atoms with Crippen molar-refractivity contribution in [3.63, 3.8) is 0 Å². The van der Waals surface area contributed by atoms with Crippen LogP contribution >= 0.6 is 48.0 Å². The van der Waals surface area contributed by atoms with Gasteiger partial charge in [-0.15, -0.1) is 24.8 Å². The second-order valence-corrected chi connectivity index (χ2v) is 7.59. The van der Waals surface area contributed by atoms with Gasteiger partial charge in [0.05, 0.1) is 4.90 Å². The van der Waals surface area contributed by atoms with Crippen LogP contribution in [0.5, 0.6) is 0 Å². The molecule has 134 valence electrons. The molecule has 23 heavy (non-hydrogen) atoms. The number of nitrogens with one attached hydrogen (secondary N) is 2. The van der Waals surface area contributed by atoms with E-state index in [0.29, 0.717) is 16.6 Å². The highest BCUT2D eigenvalue weighted by Gasteiger charge is 2.15. The summed E-state index contributed by atoms with van der Waals surface area (Å²) in [6.07, 6.45) is 0.771. The van der Waals surface area contributed by atoms with E-state index in [-0.39, 0.29) is 29.7 Å². The van der Waals surface area contributed by atoms with Crippen molar-refractivity contribution in [1.29, 1.82) is 0 Å². The molecule has 0 amide bonds. The van der Waals surface area contributed by atoms with Crippen LogP contribution in [0.2, 0.25) is 10.0 Å². The molecule has 0 spiro atoms. The van der Waals surface area contributed by atoms with Crippen molar-refractivity contribution in [2.45, 2.75) is 11.3 Å². The summed E-state index contributed by atoms with van der Waals surface area (Å²) in [5.74, 6) is 0. The average Bonchev–Trinajstić information content (AvgIpc) is 2.44. The normalized spacial score (nSPS) is 15.6. The van der Waals surface area contributed by atoms with Gasteiger partial charge >= 0.3 is 0 Å². The summed E-state index contributed by atoms with van der Waals surface area (Å²) in [6, 6.07) is 4.30. The van der Waals surface area contributed by atoms with E-state index in [1.807, 2.05) is 0 Å². The Bertz CT molecular complexity index is 560. The van der Waals surface area contributed by atoms with Gasteiger partial charge in [0.15, 0.2) is 0 Å². The molecule has 1 saturated heterocycles. The molecule has 0 aromatic heterocycles. The van der Waals surface area contributed by atoms with E-state index >= 15 is 0 Å². The molecule has 0 saturated carbocycles. The first-order valence-electron chi connectivity index (χ1n) is 6.86. The minimum absolute atomic E-state index is 0.